The molecule has 1 fully saturated rings. The Labute approximate surface area is 118 Å². The van der Waals surface area contributed by atoms with E-state index in [1.807, 2.05) is 31.7 Å². The third kappa shape index (κ3) is 3.03. The molecule has 1 heterocycles. The van der Waals surface area contributed by atoms with E-state index >= 15 is 0 Å². The first-order chi connectivity index (χ1) is 9.02. The number of aromatic nitrogens is 1. The van der Waals surface area contributed by atoms with Crippen molar-refractivity contribution in [3.63, 3.8) is 0 Å². The quantitative estimate of drug-likeness (QED) is 0.887. The summed E-state index contributed by atoms with van der Waals surface area (Å²) in [6.07, 6.45) is 5.57. The Morgan fingerprint density at radius 3 is 2.84 bits per heavy atom. The SMILES string of the molecule is CSC1CCCC1Nc1nc(C)cc(C)c1C(=O)O. The molecule has 19 heavy (non-hydrogen) atoms. The second kappa shape index (κ2) is 5.82. The van der Waals surface area contributed by atoms with Gasteiger partial charge in [0.05, 0.1) is 0 Å². The molecule has 0 aliphatic heterocycles. The average molecular weight is 280 g/mol. The highest BCUT2D eigenvalue weighted by atomic mass is 32.2. The number of carboxylic acids is 1. The Morgan fingerprint density at radius 1 is 1.47 bits per heavy atom. The minimum absolute atomic E-state index is 0.303. The number of aromatic carboxylic acids is 1. The third-order valence-corrected chi connectivity index (χ3v) is 4.81. The largest absolute Gasteiger partial charge is 0.478 e. The topological polar surface area (TPSA) is 62.2 Å². The number of rotatable bonds is 4. The number of anilines is 1. The number of hydrogen-bond acceptors (Lipinski definition) is 4. The molecule has 0 spiro atoms. The number of carbonyl (C=O) groups is 1. The first kappa shape index (κ1) is 14.2. The molecule has 1 aliphatic carbocycles. The molecule has 4 nitrogen and oxygen atoms in total. The average Bonchev–Trinajstić information content (AvgIpc) is 2.74. The fourth-order valence-electron chi connectivity index (χ4n) is 2.76. The fourth-order valence-corrected chi connectivity index (χ4v) is 3.70. The van der Waals surface area contributed by atoms with Crippen LogP contribution in [-0.4, -0.2) is 33.6 Å². The second-order valence-electron chi connectivity index (χ2n) is 5.07. The van der Waals surface area contributed by atoms with Crippen molar-refractivity contribution in [2.45, 2.75) is 44.4 Å². The Hall–Kier alpha value is -1.23. The number of nitrogens with zero attached hydrogens (tertiary/aromatic N) is 1. The molecule has 1 aromatic rings. The van der Waals surface area contributed by atoms with Gasteiger partial charge in [0.15, 0.2) is 0 Å². The fraction of sp³-hybridized carbons (Fsp3) is 0.571. The molecule has 0 radical (unpaired) electrons. The first-order valence-electron chi connectivity index (χ1n) is 6.53. The van der Waals surface area contributed by atoms with Crippen LogP contribution in [0, 0.1) is 13.8 Å². The molecule has 5 heteroatoms. The van der Waals surface area contributed by atoms with E-state index in [-0.39, 0.29) is 0 Å². The number of pyridine rings is 1. The van der Waals surface area contributed by atoms with Crippen molar-refractivity contribution in [3.05, 3.63) is 22.9 Å². The molecule has 1 saturated carbocycles. The first-order valence-corrected chi connectivity index (χ1v) is 7.82. The summed E-state index contributed by atoms with van der Waals surface area (Å²) in [5.41, 5.74) is 1.92. The summed E-state index contributed by atoms with van der Waals surface area (Å²) >= 11 is 1.84. The van der Waals surface area contributed by atoms with E-state index in [4.69, 9.17) is 0 Å². The maximum absolute atomic E-state index is 11.4. The molecule has 2 N–H and O–H groups in total. The number of nitrogens with one attached hydrogen (secondary N) is 1. The summed E-state index contributed by atoms with van der Waals surface area (Å²) in [5.74, 6) is -0.387. The lowest BCUT2D eigenvalue weighted by atomic mass is 10.1. The second-order valence-corrected chi connectivity index (χ2v) is 6.14. The van der Waals surface area contributed by atoms with Crippen LogP contribution in [0.15, 0.2) is 6.07 Å². The van der Waals surface area contributed by atoms with E-state index in [9.17, 15) is 9.90 Å². The van der Waals surface area contributed by atoms with Crippen LogP contribution in [0.1, 0.15) is 40.9 Å². The molecular weight excluding hydrogens is 260 g/mol. The zero-order valence-corrected chi connectivity index (χ0v) is 12.4. The van der Waals surface area contributed by atoms with E-state index in [0.717, 1.165) is 17.7 Å². The van der Waals surface area contributed by atoms with Crippen molar-refractivity contribution in [1.82, 2.24) is 4.98 Å². The van der Waals surface area contributed by atoms with Gasteiger partial charge in [0.25, 0.3) is 0 Å². The monoisotopic (exact) mass is 280 g/mol. The Kier molecular flexibility index (Phi) is 4.34. The van der Waals surface area contributed by atoms with Crippen LogP contribution in [0.2, 0.25) is 0 Å². The van der Waals surface area contributed by atoms with Gasteiger partial charge in [0, 0.05) is 17.0 Å². The van der Waals surface area contributed by atoms with Gasteiger partial charge in [-0.25, -0.2) is 9.78 Å². The molecule has 2 unspecified atom stereocenters. The lowest BCUT2D eigenvalue weighted by molar-refractivity contribution is 0.0696. The van der Waals surface area contributed by atoms with Crippen molar-refractivity contribution in [1.29, 1.82) is 0 Å². The van der Waals surface area contributed by atoms with Crippen LogP contribution >= 0.6 is 11.8 Å². The van der Waals surface area contributed by atoms with Crippen molar-refractivity contribution in [2.24, 2.45) is 0 Å². The number of aryl methyl sites for hydroxylation is 2. The van der Waals surface area contributed by atoms with Gasteiger partial charge in [-0.05, 0) is 44.6 Å². The van der Waals surface area contributed by atoms with Gasteiger partial charge in [0.2, 0.25) is 0 Å². The smallest absolute Gasteiger partial charge is 0.339 e. The van der Waals surface area contributed by atoms with Gasteiger partial charge >= 0.3 is 5.97 Å². The lowest BCUT2D eigenvalue weighted by Crippen LogP contribution is -2.27. The zero-order valence-electron chi connectivity index (χ0n) is 11.6. The summed E-state index contributed by atoms with van der Waals surface area (Å²) in [6.45, 7) is 3.72. The summed E-state index contributed by atoms with van der Waals surface area (Å²) < 4.78 is 0. The highest BCUT2D eigenvalue weighted by Gasteiger charge is 2.28. The summed E-state index contributed by atoms with van der Waals surface area (Å²) in [4.78, 5) is 15.8. The third-order valence-electron chi connectivity index (χ3n) is 3.64. The van der Waals surface area contributed by atoms with E-state index < -0.39 is 5.97 Å². The van der Waals surface area contributed by atoms with Gasteiger partial charge in [-0.2, -0.15) is 11.8 Å². The maximum Gasteiger partial charge on any atom is 0.339 e. The number of thioether (sulfide) groups is 1. The van der Waals surface area contributed by atoms with Crippen LogP contribution < -0.4 is 5.32 Å². The predicted octanol–water partition coefficient (Wildman–Crippen LogP) is 3.09. The minimum atomic E-state index is -0.911. The lowest BCUT2D eigenvalue weighted by Gasteiger charge is -2.21. The van der Waals surface area contributed by atoms with E-state index in [0.29, 0.717) is 22.7 Å². The van der Waals surface area contributed by atoms with E-state index in [2.05, 4.69) is 16.6 Å². The molecular formula is C14H20N2O2S. The molecule has 1 aromatic heterocycles. The maximum atomic E-state index is 11.4. The standard InChI is InChI=1S/C14H20N2O2S/c1-8-7-9(2)15-13(12(8)14(17)18)16-10-5-4-6-11(10)19-3/h7,10-11H,4-6H2,1-3H3,(H,15,16)(H,17,18). The Morgan fingerprint density at radius 2 is 2.21 bits per heavy atom. The Bertz CT molecular complexity index is 491. The highest BCUT2D eigenvalue weighted by Crippen LogP contribution is 2.31. The zero-order chi connectivity index (χ0) is 14.0. The Balaban J connectivity index is 2.31. The van der Waals surface area contributed by atoms with E-state index in [1.165, 1.54) is 12.8 Å². The summed E-state index contributed by atoms with van der Waals surface area (Å²) in [7, 11) is 0. The molecule has 0 aromatic carbocycles. The molecule has 0 saturated heterocycles. The van der Waals surface area contributed by atoms with Crippen LogP contribution in [0.25, 0.3) is 0 Å². The molecule has 0 amide bonds. The van der Waals surface area contributed by atoms with Crippen LogP contribution in [0.4, 0.5) is 5.82 Å². The highest BCUT2D eigenvalue weighted by molar-refractivity contribution is 7.99. The van der Waals surface area contributed by atoms with Gasteiger partial charge in [-0.1, -0.05) is 6.42 Å². The van der Waals surface area contributed by atoms with Gasteiger partial charge in [-0.15, -0.1) is 0 Å². The summed E-state index contributed by atoms with van der Waals surface area (Å²) in [6, 6.07) is 2.14. The summed E-state index contributed by atoms with van der Waals surface area (Å²) in [5, 5.41) is 13.3. The van der Waals surface area contributed by atoms with Crippen molar-refractivity contribution < 1.29 is 9.90 Å². The van der Waals surface area contributed by atoms with Gasteiger partial charge in [-0.3, -0.25) is 0 Å². The predicted molar refractivity (Wildman–Crippen MR) is 79.2 cm³/mol. The van der Waals surface area contributed by atoms with Crippen LogP contribution in [-0.2, 0) is 0 Å². The minimum Gasteiger partial charge on any atom is -0.478 e. The van der Waals surface area contributed by atoms with Gasteiger partial charge in [0.1, 0.15) is 11.4 Å². The molecule has 104 valence electrons. The normalized spacial score (nSPS) is 22.5. The number of carboxylic acid groups (broad SMARTS) is 1. The van der Waals surface area contributed by atoms with Crippen molar-refractivity contribution in [3.8, 4) is 0 Å². The van der Waals surface area contributed by atoms with Crippen LogP contribution in [0.3, 0.4) is 0 Å². The van der Waals surface area contributed by atoms with Crippen LogP contribution in [0.5, 0.6) is 0 Å². The van der Waals surface area contributed by atoms with E-state index in [1.54, 1.807) is 0 Å². The van der Waals surface area contributed by atoms with Crippen molar-refractivity contribution >= 4 is 23.5 Å². The van der Waals surface area contributed by atoms with Gasteiger partial charge < -0.3 is 10.4 Å². The molecule has 0 bridgehead atoms. The molecule has 1 aliphatic rings. The van der Waals surface area contributed by atoms with Crippen molar-refractivity contribution in [2.75, 3.05) is 11.6 Å². The molecule has 2 atom stereocenters. The number of hydrogen-bond donors (Lipinski definition) is 2. The molecule has 2 rings (SSSR count).